The third-order valence-electron chi connectivity index (χ3n) is 4.76. The van der Waals surface area contributed by atoms with E-state index in [9.17, 15) is 9.90 Å². The number of nitrogens with one attached hydrogen (secondary N) is 1. The highest BCUT2D eigenvalue weighted by Crippen LogP contribution is 2.24. The largest absolute Gasteiger partial charge is 0.393 e. The van der Waals surface area contributed by atoms with Gasteiger partial charge in [-0.2, -0.15) is 15.4 Å². The van der Waals surface area contributed by atoms with E-state index in [4.69, 9.17) is 4.74 Å². The molecule has 0 aliphatic carbocycles. The molecule has 134 valence electrons. The van der Waals surface area contributed by atoms with E-state index in [1.165, 1.54) is 0 Å². The number of aromatic amines is 1. The molecule has 1 amide bonds. The zero-order chi connectivity index (χ0) is 18.0. The van der Waals surface area contributed by atoms with Crippen molar-refractivity contribution >= 4 is 16.9 Å². The highest BCUT2D eigenvalue weighted by molar-refractivity contribution is 5.97. The van der Waals surface area contributed by atoms with Crippen LogP contribution in [0.2, 0.25) is 0 Å². The number of amides is 1. The number of benzene rings is 2. The van der Waals surface area contributed by atoms with Gasteiger partial charge in [0.05, 0.1) is 19.8 Å². The number of morpholine rings is 1. The third-order valence-corrected chi connectivity index (χ3v) is 4.76. The predicted molar refractivity (Wildman–Crippen MR) is 95.7 cm³/mol. The Hall–Kier alpha value is -2.77. The number of ether oxygens (including phenoxy) is 1. The van der Waals surface area contributed by atoms with Gasteiger partial charge in [0.15, 0.2) is 0 Å². The van der Waals surface area contributed by atoms with E-state index in [0.717, 1.165) is 11.1 Å². The van der Waals surface area contributed by atoms with E-state index in [0.29, 0.717) is 37.2 Å². The first-order valence-corrected chi connectivity index (χ1v) is 8.58. The summed E-state index contributed by atoms with van der Waals surface area (Å²) < 4.78 is 5.92. The lowest BCUT2D eigenvalue weighted by molar-refractivity contribution is -0.123. The maximum atomic E-state index is 13.0. The number of aliphatic hydroxyl groups excluding tert-OH is 1. The maximum absolute atomic E-state index is 13.0. The topological polar surface area (TPSA) is 91.3 Å². The summed E-state index contributed by atoms with van der Waals surface area (Å²) >= 11 is 0. The Balaban J connectivity index is 1.55. The van der Waals surface area contributed by atoms with E-state index < -0.39 is 5.60 Å². The molecular weight excluding hydrogens is 332 g/mol. The maximum Gasteiger partial charge on any atom is 0.254 e. The number of aromatic nitrogens is 3. The van der Waals surface area contributed by atoms with Crippen molar-refractivity contribution in [3.8, 4) is 0 Å². The lowest BCUT2D eigenvalue weighted by atomic mass is 9.93. The molecule has 1 fully saturated rings. The molecule has 0 unspecified atom stereocenters. The van der Waals surface area contributed by atoms with Crippen molar-refractivity contribution in [2.45, 2.75) is 12.0 Å². The first-order chi connectivity index (χ1) is 12.7. The number of carbonyl (C=O) groups is 1. The molecule has 4 rings (SSSR count). The van der Waals surface area contributed by atoms with Crippen LogP contribution in [0.1, 0.15) is 15.9 Å². The van der Waals surface area contributed by atoms with Gasteiger partial charge in [-0.3, -0.25) is 4.79 Å². The van der Waals surface area contributed by atoms with Gasteiger partial charge >= 0.3 is 0 Å². The summed E-state index contributed by atoms with van der Waals surface area (Å²) in [6.45, 7) is 1.08. The minimum Gasteiger partial charge on any atom is -0.393 e. The van der Waals surface area contributed by atoms with Gasteiger partial charge in [-0.15, -0.1) is 0 Å². The molecule has 26 heavy (non-hydrogen) atoms. The number of rotatable bonds is 4. The first-order valence-electron chi connectivity index (χ1n) is 8.58. The van der Waals surface area contributed by atoms with Crippen molar-refractivity contribution in [3.63, 3.8) is 0 Å². The van der Waals surface area contributed by atoms with Crippen molar-refractivity contribution in [2.24, 2.45) is 0 Å². The van der Waals surface area contributed by atoms with E-state index in [1.807, 2.05) is 30.3 Å². The SMILES string of the molecule is O=C(c1ccc2n[nH]nc2c1)N1CCO[C@@](CO)(Cc2ccccc2)C1. The smallest absolute Gasteiger partial charge is 0.254 e. The molecule has 1 aliphatic heterocycles. The molecule has 0 spiro atoms. The Labute approximate surface area is 150 Å². The average Bonchev–Trinajstić information content (AvgIpc) is 3.16. The predicted octanol–water partition coefficient (Wildman–Crippen LogP) is 1.40. The van der Waals surface area contributed by atoms with Gasteiger partial charge in [-0.05, 0) is 23.8 Å². The fraction of sp³-hybridized carbons (Fsp3) is 0.316. The third kappa shape index (κ3) is 3.18. The average molecular weight is 352 g/mol. The van der Waals surface area contributed by atoms with Gasteiger partial charge in [0.2, 0.25) is 0 Å². The molecule has 1 aliphatic rings. The lowest BCUT2D eigenvalue weighted by Gasteiger charge is -2.42. The fourth-order valence-electron chi connectivity index (χ4n) is 3.40. The summed E-state index contributed by atoms with van der Waals surface area (Å²) in [5, 5.41) is 20.6. The summed E-state index contributed by atoms with van der Waals surface area (Å²) in [7, 11) is 0. The molecule has 1 atom stereocenters. The number of hydrogen-bond donors (Lipinski definition) is 2. The quantitative estimate of drug-likeness (QED) is 0.741. The second-order valence-corrected chi connectivity index (χ2v) is 6.61. The molecule has 3 aromatic rings. The molecule has 1 aromatic heterocycles. The summed E-state index contributed by atoms with van der Waals surface area (Å²) in [6, 6.07) is 15.1. The highest BCUT2D eigenvalue weighted by atomic mass is 16.5. The van der Waals surface area contributed by atoms with Crippen LogP contribution in [0.5, 0.6) is 0 Å². The highest BCUT2D eigenvalue weighted by Gasteiger charge is 2.38. The van der Waals surface area contributed by atoms with Gasteiger partial charge in [0, 0.05) is 18.5 Å². The van der Waals surface area contributed by atoms with Gasteiger partial charge in [0.25, 0.3) is 5.91 Å². The Kier molecular flexibility index (Phi) is 4.40. The molecule has 2 heterocycles. The van der Waals surface area contributed by atoms with Crippen molar-refractivity contribution in [1.29, 1.82) is 0 Å². The van der Waals surface area contributed by atoms with Crippen LogP contribution >= 0.6 is 0 Å². The van der Waals surface area contributed by atoms with Gasteiger partial charge < -0.3 is 14.7 Å². The minimum atomic E-state index is -0.784. The normalized spacial score (nSPS) is 20.4. The van der Waals surface area contributed by atoms with Crippen molar-refractivity contribution in [1.82, 2.24) is 20.3 Å². The molecular formula is C19H20N4O3. The zero-order valence-electron chi connectivity index (χ0n) is 14.3. The van der Waals surface area contributed by atoms with Gasteiger partial charge in [0.1, 0.15) is 16.6 Å². The number of carbonyl (C=O) groups excluding carboxylic acids is 1. The van der Waals surface area contributed by atoms with E-state index in [2.05, 4.69) is 15.4 Å². The fourth-order valence-corrected chi connectivity index (χ4v) is 3.40. The molecule has 7 heteroatoms. The van der Waals surface area contributed by atoms with E-state index in [1.54, 1.807) is 23.1 Å². The van der Waals surface area contributed by atoms with E-state index >= 15 is 0 Å². The Morgan fingerprint density at radius 2 is 2.00 bits per heavy atom. The number of aliphatic hydroxyl groups is 1. The molecule has 0 saturated carbocycles. The van der Waals surface area contributed by atoms with Crippen LogP contribution in [0.4, 0.5) is 0 Å². The van der Waals surface area contributed by atoms with Crippen LogP contribution in [0, 0.1) is 0 Å². The van der Waals surface area contributed by atoms with Gasteiger partial charge in [-0.1, -0.05) is 30.3 Å². The standard InChI is InChI=1S/C19H20N4O3/c24-13-19(11-14-4-2-1-3-5-14)12-23(8-9-26-19)18(25)15-6-7-16-17(10-15)21-22-20-16/h1-7,10,24H,8-9,11-13H2,(H,20,21,22)/t19-/m0/s1. The second kappa shape index (κ2) is 6.86. The number of nitrogens with zero attached hydrogens (tertiary/aromatic N) is 3. The van der Waals surface area contributed by atoms with Crippen LogP contribution < -0.4 is 0 Å². The van der Waals surface area contributed by atoms with Crippen LogP contribution in [0.3, 0.4) is 0 Å². The van der Waals surface area contributed by atoms with Crippen molar-refractivity contribution in [2.75, 3.05) is 26.3 Å². The molecule has 2 aromatic carbocycles. The van der Waals surface area contributed by atoms with Crippen LogP contribution in [0.25, 0.3) is 11.0 Å². The molecule has 0 bridgehead atoms. The van der Waals surface area contributed by atoms with E-state index in [-0.39, 0.29) is 12.5 Å². The molecule has 7 nitrogen and oxygen atoms in total. The monoisotopic (exact) mass is 352 g/mol. The van der Waals surface area contributed by atoms with Crippen LogP contribution in [-0.2, 0) is 11.2 Å². The molecule has 0 radical (unpaired) electrons. The summed E-state index contributed by atoms with van der Waals surface area (Å²) in [5.41, 5.74) is 2.21. The second-order valence-electron chi connectivity index (χ2n) is 6.61. The lowest BCUT2D eigenvalue weighted by Crippen LogP contribution is -2.56. The van der Waals surface area contributed by atoms with Gasteiger partial charge in [-0.25, -0.2) is 0 Å². The van der Waals surface area contributed by atoms with Crippen LogP contribution in [0.15, 0.2) is 48.5 Å². The number of hydrogen-bond acceptors (Lipinski definition) is 5. The van der Waals surface area contributed by atoms with Crippen molar-refractivity contribution < 1.29 is 14.6 Å². The first kappa shape index (κ1) is 16.7. The Bertz CT molecular complexity index is 911. The molecule has 2 N–H and O–H groups in total. The van der Waals surface area contributed by atoms with Crippen molar-refractivity contribution in [3.05, 3.63) is 59.7 Å². The summed E-state index contributed by atoms with van der Waals surface area (Å²) in [4.78, 5) is 14.7. The number of fused-ring (bicyclic) bond motifs is 1. The minimum absolute atomic E-state index is 0.0934. The Morgan fingerprint density at radius 3 is 2.81 bits per heavy atom. The Morgan fingerprint density at radius 1 is 1.19 bits per heavy atom. The summed E-state index contributed by atoms with van der Waals surface area (Å²) in [5.74, 6) is -0.0934. The zero-order valence-corrected chi connectivity index (χ0v) is 14.3. The molecule has 1 saturated heterocycles. The number of H-pyrrole nitrogens is 1. The summed E-state index contributed by atoms with van der Waals surface area (Å²) in [6.07, 6.45) is 0.552. The van der Waals surface area contributed by atoms with Crippen LogP contribution in [-0.4, -0.2) is 63.2 Å².